The van der Waals surface area contributed by atoms with Crippen LogP contribution in [0.5, 0.6) is 0 Å². The lowest BCUT2D eigenvalue weighted by Crippen LogP contribution is -2.05. The first-order valence-electron chi connectivity index (χ1n) is 6.57. The number of nitrogens with zero attached hydrogens (tertiary/aromatic N) is 3. The van der Waals surface area contributed by atoms with Gasteiger partial charge in [-0.15, -0.1) is 0 Å². The van der Waals surface area contributed by atoms with Gasteiger partial charge in [0.2, 0.25) is 0 Å². The fraction of sp³-hybridized carbons (Fsp3) is 0.0714. The summed E-state index contributed by atoms with van der Waals surface area (Å²) in [6.07, 6.45) is -3.46. The van der Waals surface area contributed by atoms with Gasteiger partial charge in [-0.3, -0.25) is 25.7 Å². The molecule has 0 saturated carbocycles. The zero-order chi connectivity index (χ0) is 18.6. The Morgan fingerprint density at radius 3 is 2.36 bits per heavy atom. The average Bonchev–Trinajstić information content (AvgIpc) is 2.54. The maximum Gasteiger partial charge on any atom is 0.416 e. The van der Waals surface area contributed by atoms with Crippen LogP contribution < -0.4 is 5.43 Å². The number of halogens is 3. The van der Waals surface area contributed by atoms with Crippen LogP contribution in [-0.4, -0.2) is 16.1 Å². The van der Waals surface area contributed by atoms with Gasteiger partial charge >= 0.3 is 11.9 Å². The van der Waals surface area contributed by atoms with Gasteiger partial charge in [-0.05, 0) is 23.8 Å². The van der Waals surface area contributed by atoms with E-state index in [1.807, 2.05) is 0 Å². The molecule has 0 fully saturated rings. The summed E-state index contributed by atoms with van der Waals surface area (Å²) in [5, 5.41) is 25.2. The Morgan fingerprint density at radius 2 is 1.76 bits per heavy atom. The second-order valence-electron chi connectivity index (χ2n) is 4.71. The maximum atomic E-state index is 12.6. The Balaban J connectivity index is 2.22. The van der Waals surface area contributed by atoms with Crippen molar-refractivity contribution in [1.29, 1.82) is 0 Å². The number of nitro benzene ring substituents is 2. The monoisotopic (exact) mass is 354 g/mol. The van der Waals surface area contributed by atoms with Crippen LogP contribution in [0.1, 0.15) is 11.1 Å². The number of hydrogen-bond donors (Lipinski definition) is 1. The van der Waals surface area contributed by atoms with Gasteiger partial charge in [0.05, 0.1) is 27.7 Å². The molecule has 0 spiro atoms. The summed E-state index contributed by atoms with van der Waals surface area (Å²) in [6.45, 7) is 0. The molecule has 2 rings (SSSR count). The van der Waals surface area contributed by atoms with Crippen LogP contribution in [0.2, 0.25) is 0 Å². The Morgan fingerprint density at radius 1 is 1.04 bits per heavy atom. The third-order valence-electron chi connectivity index (χ3n) is 3.00. The highest BCUT2D eigenvalue weighted by atomic mass is 19.4. The Hall–Kier alpha value is -3.50. The van der Waals surface area contributed by atoms with Gasteiger partial charge in [0.25, 0.3) is 5.69 Å². The van der Waals surface area contributed by atoms with Gasteiger partial charge < -0.3 is 0 Å². The normalized spacial score (nSPS) is 11.5. The first-order chi connectivity index (χ1) is 11.7. The topological polar surface area (TPSA) is 111 Å². The van der Waals surface area contributed by atoms with Gasteiger partial charge in [0, 0.05) is 6.07 Å². The van der Waals surface area contributed by atoms with Gasteiger partial charge in [-0.1, -0.05) is 12.1 Å². The van der Waals surface area contributed by atoms with E-state index < -0.39 is 33.0 Å². The van der Waals surface area contributed by atoms with E-state index in [2.05, 4.69) is 10.5 Å². The Bertz CT molecular complexity index is 852. The smallest absolute Gasteiger partial charge is 0.272 e. The fourth-order valence-corrected chi connectivity index (χ4v) is 1.85. The van der Waals surface area contributed by atoms with Crippen molar-refractivity contribution in [1.82, 2.24) is 0 Å². The molecule has 0 aliphatic rings. The number of alkyl halides is 3. The van der Waals surface area contributed by atoms with E-state index in [1.54, 1.807) is 0 Å². The summed E-state index contributed by atoms with van der Waals surface area (Å²) >= 11 is 0. The average molecular weight is 354 g/mol. The fourth-order valence-electron chi connectivity index (χ4n) is 1.85. The molecule has 0 aliphatic carbocycles. The van der Waals surface area contributed by atoms with E-state index >= 15 is 0 Å². The second kappa shape index (κ2) is 6.95. The molecule has 2 aromatic carbocycles. The minimum Gasteiger partial charge on any atom is -0.272 e. The second-order valence-corrected chi connectivity index (χ2v) is 4.71. The van der Waals surface area contributed by atoms with Gasteiger partial charge in [0.15, 0.2) is 0 Å². The van der Waals surface area contributed by atoms with Crippen molar-refractivity contribution in [3.8, 4) is 0 Å². The van der Waals surface area contributed by atoms with Gasteiger partial charge in [0.1, 0.15) is 5.69 Å². The molecule has 0 saturated heterocycles. The summed E-state index contributed by atoms with van der Waals surface area (Å²) in [6, 6.07) is 7.18. The van der Waals surface area contributed by atoms with Crippen molar-refractivity contribution in [3.05, 3.63) is 73.8 Å². The standard InChI is InChI=1S/C14H9F3N4O4/c15-14(16,17)10-3-1-2-9(6-10)8-18-19-12-5-4-11(20(22)23)7-13(12)21(24)25/h1-8,19H/b18-8+. The van der Waals surface area contributed by atoms with Gasteiger partial charge in [-0.2, -0.15) is 18.3 Å². The van der Waals surface area contributed by atoms with Crippen molar-refractivity contribution < 1.29 is 23.0 Å². The lowest BCUT2D eigenvalue weighted by molar-refractivity contribution is -0.393. The quantitative estimate of drug-likeness (QED) is 0.496. The SMILES string of the molecule is O=[N+]([O-])c1ccc(N/N=C/c2cccc(C(F)(F)F)c2)c([N+](=O)[O-])c1. The molecule has 0 bridgehead atoms. The van der Waals surface area contributed by atoms with Crippen LogP contribution in [0.3, 0.4) is 0 Å². The molecule has 0 atom stereocenters. The number of rotatable bonds is 5. The first kappa shape index (κ1) is 17.8. The third kappa shape index (κ3) is 4.50. The van der Waals surface area contributed by atoms with E-state index in [0.717, 1.165) is 36.5 Å². The predicted molar refractivity (Wildman–Crippen MR) is 82.4 cm³/mol. The minimum atomic E-state index is -4.51. The summed E-state index contributed by atoms with van der Waals surface area (Å²) in [4.78, 5) is 20.0. The van der Waals surface area contributed by atoms with Gasteiger partial charge in [-0.25, -0.2) is 0 Å². The summed E-state index contributed by atoms with van der Waals surface area (Å²) in [7, 11) is 0. The molecule has 1 N–H and O–H groups in total. The Kier molecular flexibility index (Phi) is 4.96. The number of non-ortho nitro benzene ring substituents is 1. The minimum absolute atomic E-state index is 0.117. The number of anilines is 1. The molecule has 8 nitrogen and oxygen atoms in total. The zero-order valence-electron chi connectivity index (χ0n) is 12.2. The van der Waals surface area contributed by atoms with Crippen LogP contribution in [-0.2, 0) is 6.18 Å². The maximum absolute atomic E-state index is 12.6. The molecule has 0 heterocycles. The molecule has 0 radical (unpaired) electrons. The van der Waals surface area contributed by atoms with Crippen LogP contribution >= 0.6 is 0 Å². The van der Waals surface area contributed by atoms with Crippen LogP contribution in [0.4, 0.5) is 30.2 Å². The molecule has 130 valence electrons. The first-order valence-corrected chi connectivity index (χ1v) is 6.57. The number of benzene rings is 2. The lowest BCUT2D eigenvalue weighted by atomic mass is 10.1. The zero-order valence-corrected chi connectivity index (χ0v) is 12.2. The molecule has 0 aromatic heterocycles. The Labute approximate surface area is 137 Å². The molecule has 0 amide bonds. The summed E-state index contributed by atoms with van der Waals surface area (Å²) in [5.41, 5.74) is 0.345. The van der Waals surface area contributed by atoms with E-state index in [9.17, 15) is 33.4 Å². The molecule has 25 heavy (non-hydrogen) atoms. The summed E-state index contributed by atoms with van der Waals surface area (Å²) < 4.78 is 37.8. The molecule has 0 unspecified atom stereocenters. The summed E-state index contributed by atoms with van der Waals surface area (Å²) in [5.74, 6) is 0. The molecular weight excluding hydrogens is 345 g/mol. The van der Waals surface area contributed by atoms with Crippen molar-refractivity contribution >= 4 is 23.3 Å². The predicted octanol–water partition coefficient (Wildman–Crippen LogP) is 3.97. The van der Waals surface area contributed by atoms with Crippen molar-refractivity contribution in [2.75, 3.05) is 5.43 Å². The largest absolute Gasteiger partial charge is 0.416 e. The number of hydrogen-bond acceptors (Lipinski definition) is 6. The van der Waals surface area contributed by atoms with Crippen LogP contribution in [0.15, 0.2) is 47.6 Å². The number of nitrogens with one attached hydrogen (secondary N) is 1. The highest BCUT2D eigenvalue weighted by molar-refractivity contribution is 5.81. The van der Waals surface area contributed by atoms with Crippen molar-refractivity contribution in [3.63, 3.8) is 0 Å². The van der Waals surface area contributed by atoms with E-state index in [-0.39, 0.29) is 11.3 Å². The van der Waals surface area contributed by atoms with E-state index in [0.29, 0.717) is 0 Å². The number of hydrazone groups is 1. The van der Waals surface area contributed by atoms with E-state index in [1.165, 1.54) is 12.1 Å². The van der Waals surface area contributed by atoms with E-state index in [4.69, 9.17) is 0 Å². The lowest BCUT2D eigenvalue weighted by Gasteiger charge is -2.06. The molecular formula is C14H9F3N4O4. The van der Waals surface area contributed by atoms with Crippen LogP contribution in [0, 0.1) is 20.2 Å². The molecule has 0 aliphatic heterocycles. The number of nitro groups is 2. The van der Waals surface area contributed by atoms with Crippen molar-refractivity contribution in [2.24, 2.45) is 5.10 Å². The highest BCUT2D eigenvalue weighted by Crippen LogP contribution is 2.30. The van der Waals surface area contributed by atoms with Crippen LogP contribution in [0.25, 0.3) is 0 Å². The molecule has 11 heteroatoms. The third-order valence-corrected chi connectivity index (χ3v) is 3.00. The molecule has 2 aromatic rings. The van der Waals surface area contributed by atoms with Crippen molar-refractivity contribution in [2.45, 2.75) is 6.18 Å². The highest BCUT2D eigenvalue weighted by Gasteiger charge is 2.30.